The van der Waals surface area contributed by atoms with E-state index in [9.17, 15) is 18.5 Å². The van der Waals surface area contributed by atoms with Crippen LogP contribution in [0, 0.1) is 10.1 Å². The third-order valence-electron chi connectivity index (χ3n) is 4.45. The van der Waals surface area contributed by atoms with Crippen molar-refractivity contribution in [3.8, 4) is 0 Å². The molecule has 3 rings (SSSR count). The molecular formula is C18H21N3O4S. The molecule has 138 valence electrons. The fourth-order valence-electron chi connectivity index (χ4n) is 2.97. The quantitative estimate of drug-likeness (QED) is 0.593. The zero-order valence-corrected chi connectivity index (χ0v) is 15.1. The van der Waals surface area contributed by atoms with E-state index in [-0.39, 0.29) is 17.1 Å². The van der Waals surface area contributed by atoms with Crippen LogP contribution in [0.1, 0.15) is 24.0 Å². The third-order valence-corrected chi connectivity index (χ3v) is 5.87. The monoisotopic (exact) mass is 375 g/mol. The van der Waals surface area contributed by atoms with E-state index in [0.717, 1.165) is 25.2 Å². The maximum atomic E-state index is 12.3. The van der Waals surface area contributed by atoms with E-state index in [4.69, 9.17) is 0 Å². The van der Waals surface area contributed by atoms with Gasteiger partial charge in [-0.2, -0.15) is 0 Å². The molecule has 1 aliphatic heterocycles. The lowest BCUT2D eigenvalue weighted by molar-refractivity contribution is -0.384. The molecule has 1 aliphatic rings. The Kier molecular flexibility index (Phi) is 5.65. The fourth-order valence-corrected chi connectivity index (χ4v) is 3.99. The van der Waals surface area contributed by atoms with Gasteiger partial charge in [-0.05, 0) is 49.2 Å². The molecule has 1 saturated heterocycles. The highest BCUT2D eigenvalue weighted by Crippen LogP contribution is 2.17. The minimum atomic E-state index is -3.71. The van der Waals surface area contributed by atoms with Crippen molar-refractivity contribution >= 4 is 15.7 Å². The number of nitro benzene ring substituents is 1. The van der Waals surface area contributed by atoms with Gasteiger partial charge in [-0.1, -0.05) is 24.3 Å². The van der Waals surface area contributed by atoms with Crippen LogP contribution < -0.4 is 4.72 Å². The average molecular weight is 375 g/mol. The molecule has 0 saturated carbocycles. The fraction of sp³-hybridized carbons (Fsp3) is 0.333. The molecule has 0 bridgehead atoms. The van der Waals surface area contributed by atoms with Crippen LogP contribution in [0.4, 0.5) is 5.69 Å². The van der Waals surface area contributed by atoms with Crippen molar-refractivity contribution < 1.29 is 13.3 Å². The Morgan fingerprint density at radius 3 is 2.12 bits per heavy atom. The van der Waals surface area contributed by atoms with Gasteiger partial charge in [0, 0.05) is 25.2 Å². The highest BCUT2D eigenvalue weighted by molar-refractivity contribution is 7.89. The second kappa shape index (κ2) is 7.94. The molecule has 1 heterocycles. The molecule has 0 aromatic heterocycles. The number of nitro groups is 1. The van der Waals surface area contributed by atoms with Gasteiger partial charge in [0.25, 0.3) is 5.69 Å². The molecule has 0 radical (unpaired) electrons. The molecule has 7 nitrogen and oxygen atoms in total. The average Bonchev–Trinajstić information content (AvgIpc) is 3.14. The first kappa shape index (κ1) is 18.5. The molecule has 0 unspecified atom stereocenters. The SMILES string of the molecule is O=[N+]([O-])c1ccc(S(=O)(=O)NCc2ccc(CN3CCCC3)cc2)cc1. The van der Waals surface area contributed by atoms with Gasteiger partial charge in [-0.3, -0.25) is 15.0 Å². The minimum absolute atomic E-state index is 0.00811. The molecule has 0 atom stereocenters. The van der Waals surface area contributed by atoms with Crippen LogP contribution in [-0.4, -0.2) is 31.3 Å². The molecule has 2 aromatic carbocycles. The lowest BCUT2D eigenvalue weighted by atomic mass is 10.1. The predicted molar refractivity (Wildman–Crippen MR) is 98.1 cm³/mol. The largest absolute Gasteiger partial charge is 0.299 e. The first-order valence-electron chi connectivity index (χ1n) is 8.48. The summed E-state index contributed by atoms with van der Waals surface area (Å²) in [6, 6.07) is 12.7. The number of benzene rings is 2. The second-order valence-corrected chi connectivity index (χ2v) is 8.14. The number of sulfonamides is 1. The van der Waals surface area contributed by atoms with E-state index < -0.39 is 14.9 Å². The van der Waals surface area contributed by atoms with E-state index in [1.54, 1.807) is 0 Å². The van der Waals surface area contributed by atoms with E-state index in [2.05, 4.69) is 9.62 Å². The maximum absolute atomic E-state index is 12.3. The Morgan fingerprint density at radius 2 is 1.54 bits per heavy atom. The van der Waals surface area contributed by atoms with Gasteiger partial charge in [0.05, 0.1) is 9.82 Å². The van der Waals surface area contributed by atoms with Crippen molar-refractivity contribution in [3.05, 3.63) is 69.8 Å². The lowest BCUT2D eigenvalue weighted by Crippen LogP contribution is -2.23. The van der Waals surface area contributed by atoms with Gasteiger partial charge in [0.2, 0.25) is 10.0 Å². The number of non-ortho nitro benzene ring substituents is 1. The van der Waals surface area contributed by atoms with Gasteiger partial charge in [-0.25, -0.2) is 13.1 Å². The Hall–Kier alpha value is -2.29. The number of hydrogen-bond donors (Lipinski definition) is 1. The normalized spacial score (nSPS) is 15.2. The highest BCUT2D eigenvalue weighted by Gasteiger charge is 2.16. The molecule has 8 heteroatoms. The van der Waals surface area contributed by atoms with Crippen LogP contribution in [0.2, 0.25) is 0 Å². The molecule has 1 fully saturated rings. The Balaban J connectivity index is 1.59. The summed E-state index contributed by atoms with van der Waals surface area (Å²) in [6.45, 7) is 3.37. The van der Waals surface area contributed by atoms with Gasteiger partial charge in [0.15, 0.2) is 0 Å². The van der Waals surface area contributed by atoms with Crippen molar-refractivity contribution in [2.45, 2.75) is 30.8 Å². The van der Waals surface area contributed by atoms with Crippen molar-refractivity contribution in [2.24, 2.45) is 0 Å². The van der Waals surface area contributed by atoms with Gasteiger partial charge >= 0.3 is 0 Å². The van der Waals surface area contributed by atoms with Crippen molar-refractivity contribution in [3.63, 3.8) is 0 Å². The molecular weight excluding hydrogens is 354 g/mol. The zero-order valence-electron chi connectivity index (χ0n) is 14.3. The summed E-state index contributed by atoms with van der Waals surface area (Å²) in [4.78, 5) is 12.5. The van der Waals surface area contributed by atoms with Crippen molar-refractivity contribution in [1.29, 1.82) is 0 Å². The third kappa shape index (κ3) is 4.66. The summed E-state index contributed by atoms with van der Waals surface area (Å²) in [5, 5.41) is 10.6. The van der Waals surface area contributed by atoms with E-state index >= 15 is 0 Å². The zero-order chi connectivity index (χ0) is 18.6. The summed E-state index contributed by atoms with van der Waals surface area (Å²) < 4.78 is 27.1. The van der Waals surface area contributed by atoms with E-state index in [1.807, 2.05) is 24.3 Å². The topological polar surface area (TPSA) is 92.5 Å². The number of nitrogens with zero attached hydrogens (tertiary/aromatic N) is 2. The second-order valence-electron chi connectivity index (χ2n) is 6.38. The molecule has 0 spiro atoms. The Labute approximate surface area is 152 Å². The number of likely N-dealkylation sites (tertiary alicyclic amines) is 1. The Morgan fingerprint density at radius 1 is 0.962 bits per heavy atom. The van der Waals surface area contributed by atoms with Crippen molar-refractivity contribution in [1.82, 2.24) is 9.62 Å². The van der Waals surface area contributed by atoms with Crippen LogP contribution in [-0.2, 0) is 23.1 Å². The smallest absolute Gasteiger partial charge is 0.269 e. The number of rotatable bonds is 7. The standard InChI is InChI=1S/C18H21N3O4S/c22-21(23)17-7-9-18(10-8-17)26(24,25)19-13-15-3-5-16(6-4-15)14-20-11-1-2-12-20/h3-10,19H,1-2,11-14H2. The molecule has 1 N–H and O–H groups in total. The van der Waals surface area contributed by atoms with Gasteiger partial charge in [-0.15, -0.1) is 0 Å². The van der Waals surface area contributed by atoms with Crippen LogP contribution in [0.25, 0.3) is 0 Å². The maximum Gasteiger partial charge on any atom is 0.269 e. The summed E-state index contributed by atoms with van der Waals surface area (Å²) >= 11 is 0. The van der Waals surface area contributed by atoms with Crippen LogP contribution in [0.15, 0.2) is 53.4 Å². The summed E-state index contributed by atoms with van der Waals surface area (Å²) in [7, 11) is -3.71. The Bertz CT molecular complexity index is 858. The van der Waals surface area contributed by atoms with Crippen LogP contribution in [0.3, 0.4) is 0 Å². The van der Waals surface area contributed by atoms with Crippen LogP contribution in [0.5, 0.6) is 0 Å². The van der Waals surface area contributed by atoms with Gasteiger partial charge in [0.1, 0.15) is 0 Å². The highest BCUT2D eigenvalue weighted by atomic mass is 32.2. The predicted octanol–water partition coefficient (Wildman–Crippen LogP) is 2.67. The number of nitrogens with one attached hydrogen (secondary N) is 1. The van der Waals surface area contributed by atoms with E-state index in [0.29, 0.717) is 0 Å². The first-order valence-corrected chi connectivity index (χ1v) is 9.97. The summed E-state index contributed by atoms with van der Waals surface area (Å²) in [5.74, 6) is 0. The summed E-state index contributed by atoms with van der Waals surface area (Å²) in [5.41, 5.74) is 1.94. The lowest BCUT2D eigenvalue weighted by Gasteiger charge is -2.14. The molecule has 0 amide bonds. The van der Waals surface area contributed by atoms with E-state index in [1.165, 1.54) is 42.7 Å². The van der Waals surface area contributed by atoms with Crippen molar-refractivity contribution in [2.75, 3.05) is 13.1 Å². The van der Waals surface area contributed by atoms with Gasteiger partial charge < -0.3 is 0 Å². The number of hydrogen-bond acceptors (Lipinski definition) is 5. The molecule has 26 heavy (non-hydrogen) atoms. The molecule has 2 aromatic rings. The minimum Gasteiger partial charge on any atom is -0.299 e. The summed E-state index contributed by atoms with van der Waals surface area (Å²) in [6.07, 6.45) is 2.50. The molecule has 0 aliphatic carbocycles. The van der Waals surface area contributed by atoms with Crippen LogP contribution >= 0.6 is 0 Å². The first-order chi connectivity index (χ1) is 12.4.